The van der Waals surface area contributed by atoms with E-state index in [2.05, 4.69) is 29.9 Å². The summed E-state index contributed by atoms with van der Waals surface area (Å²) in [6.45, 7) is 4.98. The van der Waals surface area contributed by atoms with Crippen LogP contribution in [0.3, 0.4) is 0 Å². The van der Waals surface area contributed by atoms with E-state index in [9.17, 15) is 0 Å². The van der Waals surface area contributed by atoms with Gasteiger partial charge in [0, 0.05) is 17.5 Å². The highest BCUT2D eigenvalue weighted by atomic mass is 16.5. The lowest BCUT2D eigenvalue weighted by Crippen LogP contribution is -2.04. The average molecular weight is 255 g/mol. The van der Waals surface area contributed by atoms with Crippen molar-refractivity contribution in [2.75, 3.05) is 12.3 Å². The van der Waals surface area contributed by atoms with Crippen LogP contribution in [0.15, 0.2) is 24.5 Å². The Morgan fingerprint density at radius 2 is 2.11 bits per heavy atom. The molecule has 0 saturated heterocycles. The molecule has 3 rings (SSSR count). The highest BCUT2D eigenvalue weighted by Gasteiger charge is 2.17. The van der Waals surface area contributed by atoms with Crippen molar-refractivity contribution in [3.63, 3.8) is 0 Å². The Hall–Kier alpha value is -2.10. The van der Waals surface area contributed by atoms with Gasteiger partial charge in [0.25, 0.3) is 0 Å². The van der Waals surface area contributed by atoms with E-state index in [1.165, 1.54) is 11.9 Å². The van der Waals surface area contributed by atoms with Crippen LogP contribution >= 0.6 is 0 Å². The molecule has 98 valence electrons. The Kier molecular flexibility index (Phi) is 2.85. The Bertz CT molecular complexity index is 623. The van der Waals surface area contributed by atoms with Crippen LogP contribution in [0.25, 0.3) is 11.3 Å². The first-order valence-electron chi connectivity index (χ1n) is 6.53. The van der Waals surface area contributed by atoms with Crippen molar-refractivity contribution in [2.45, 2.75) is 26.2 Å². The molecule has 0 fully saturated rings. The lowest BCUT2D eigenvalue weighted by atomic mass is 9.96. The van der Waals surface area contributed by atoms with Gasteiger partial charge in [-0.2, -0.15) is 0 Å². The zero-order valence-electron chi connectivity index (χ0n) is 11.2. The number of ether oxygens (including phenoxy) is 1. The number of aromatic nitrogens is 2. The van der Waals surface area contributed by atoms with E-state index in [1.54, 1.807) is 0 Å². The van der Waals surface area contributed by atoms with Crippen molar-refractivity contribution in [3.05, 3.63) is 35.7 Å². The summed E-state index contributed by atoms with van der Waals surface area (Å²) in [5.74, 6) is 1.84. The molecule has 0 radical (unpaired) electrons. The first kappa shape index (κ1) is 12.0. The number of benzene rings is 1. The fourth-order valence-electron chi connectivity index (χ4n) is 2.54. The van der Waals surface area contributed by atoms with Crippen molar-refractivity contribution < 1.29 is 4.74 Å². The number of fused-ring (bicyclic) bond motifs is 1. The molecular weight excluding hydrogens is 238 g/mol. The summed E-state index contributed by atoms with van der Waals surface area (Å²) in [4.78, 5) is 8.53. The van der Waals surface area contributed by atoms with Gasteiger partial charge in [-0.3, -0.25) is 0 Å². The van der Waals surface area contributed by atoms with Crippen LogP contribution in [0.1, 0.15) is 30.9 Å². The molecule has 1 aromatic heterocycles. The molecule has 2 heterocycles. The third-order valence-corrected chi connectivity index (χ3v) is 3.45. The number of nitrogens with two attached hydrogens (primary N) is 1. The fourth-order valence-corrected chi connectivity index (χ4v) is 2.54. The molecular formula is C15H17N3O. The highest BCUT2D eigenvalue weighted by Crippen LogP contribution is 2.34. The zero-order valence-corrected chi connectivity index (χ0v) is 11.2. The van der Waals surface area contributed by atoms with E-state index in [4.69, 9.17) is 10.5 Å². The highest BCUT2D eigenvalue weighted by molar-refractivity contribution is 5.70. The summed E-state index contributed by atoms with van der Waals surface area (Å²) in [5, 5.41) is 0. The maximum Gasteiger partial charge on any atom is 0.130 e. The largest absolute Gasteiger partial charge is 0.493 e. The number of hydrogen-bond donors (Lipinski definition) is 1. The molecule has 1 aromatic carbocycles. The number of nitrogen functional groups attached to an aromatic ring is 1. The van der Waals surface area contributed by atoms with Gasteiger partial charge < -0.3 is 10.5 Å². The summed E-state index contributed by atoms with van der Waals surface area (Å²) in [6.07, 6.45) is 2.49. The number of anilines is 1. The molecule has 0 aliphatic carbocycles. The smallest absolute Gasteiger partial charge is 0.130 e. The maximum absolute atomic E-state index is 6.00. The van der Waals surface area contributed by atoms with Crippen LogP contribution in [-0.2, 0) is 6.42 Å². The summed E-state index contributed by atoms with van der Waals surface area (Å²) in [5.41, 5.74) is 10.3. The molecule has 0 bridgehead atoms. The predicted molar refractivity (Wildman–Crippen MR) is 75.2 cm³/mol. The number of rotatable bonds is 2. The van der Waals surface area contributed by atoms with Crippen molar-refractivity contribution >= 4 is 5.82 Å². The first-order chi connectivity index (χ1) is 9.16. The van der Waals surface area contributed by atoms with Crippen LogP contribution in [0.5, 0.6) is 5.75 Å². The Morgan fingerprint density at radius 3 is 2.89 bits per heavy atom. The van der Waals surface area contributed by atoms with Crippen molar-refractivity contribution in [3.8, 4) is 17.0 Å². The van der Waals surface area contributed by atoms with E-state index < -0.39 is 0 Å². The lowest BCUT2D eigenvalue weighted by Gasteiger charge is -2.14. The van der Waals surface area contributed by atoms with Gasteiger partial charge in [0.15, 0.2) is 0 Å². The molecule has 1 aliphatic heterocycles. The molecule has 2 aromatic rings. The Balaban J connectivity index is 2.14. The summed E-state index contributed by atoms with van der Waals surface area (Å²) in [6, 6.07) is 6.20. The first-order valence-corrected chi connectivity index (χ1v) is 6.53. The second kappa shape index (κ2) is 4.53. The van der Waals surface area contributed by atoms with Gasteiger partial charge in [-0.15, -0.1) is 0 Å². The van der Waals surface area contributed by atoms with Crippen LogP contribution in [0.4, 0.5) is 5.82 Å². The topological polar surface area (TPSA) is 61.0 Å². The van der Waals surface area contributed by atoms with Gasteiger partial charge in [0.05, 0.1) is 12.3 Å². The van der Waals surface area contributed by atoms with Crippen molar-refractivity contribution in [1.82, 2.24) is 9.97 Å². The van der Waals surface area contributed by atoms with Gasteiger partial charge in [0.2, 0.25) is 0 Å². The molecule has 0 amide bonds. The van der Waals surface area contributed by atoms with Crippen molar-refractivity contribution in [2.24, 2.45) is 0 Å². The maximum atomic E-state index is 6.00. The van der Waals surface area contributed by atoms with Crippen LogP contribution in [0.2, 0.25) is 0 Å². The monoisotopic (exact) mass is 255 g/mol. The number of nitrogens with zero attached hydrogens (tertiary/aromatic N) is 2. The van der Waals surface area contributed by atoms with Gasteiger partial charge >= 0.3 is 0 Å². The van der Waals surface area contributed by atoms with Gasteiger partial charge in [0.1, 0.15) is 17.9 Å². The van der Waals surface area contributed by atoms with Crippen LogP contribution in [-0.4, -0.2) is 16.6 Å². The normalized spacial score (nSPS) is 13.4. The van der Waals surface area contributed by atoms with Crippen LogP contribution < -0.4 is 10.5 Å². The molecule has 0 atom stereocenters. The van der Waals surface area contributed by atoms with Gasteiger partial charge in [-0.05, 0) is 29.7 Å². The molecule has 1 aliphatic rings. The Labute approximate surface area is 112 Å². The lowest BCUT2D eigenvalue weighted by molar-refractivity contribution is 0.357. The summed E-state index contributed by atoms with van der Waals surface area (Å²) in [7, 11) is 0. The predicted octanol–water partition coefficient (Wildman–Crippen LogP) is 2.78. The summed E-state index contributed by atoms with van der Waals surface area (Å²) >= 11 is 0. The SMILES string of the molecule is CC(C)c1c(N)ncnc1-c1ccc2c(c1)CCO2. The molecule has 4 heteroatoms. The third kappa shape index (κ3) is 2.03. The third-order valence-electron chi connectivity index (χ3n) is 3.45. The minimum Gasteiger partial charge on any atom is -0.493 e. The van der Waals surface area contributed by atoms with E-state index in [0.29, 0.717) is 11.7 Å². The molecule has 0 spiro atoms. The fraction of sp³-hybridized carbons (Fsp3) is 0.333. The number of hydrogen-bond acceptors (Lipinski definition) is 4. The van der Waals surface area contributed by atoms with E-state index in [1.807, 2.05) is 12.1 Å². The average Bonchev–Trinajstić information content (AvgIpc) is 2.85. The molecule has 2 N–H and O–H groups in total. The quantitative estimate of drug-likeness (QED) is 0.896. The minimum atomic E-state index is 0.292. The standard InChI is InChI=1S/C15H17N3O/c1-9(2)13-14(17-8-18-15(13)16)11-3-4-12-10(7-11)5-6-19-12/h3-4,7-9H,5-6H2,1-2H3,(H2,16,17,18). The van der Waals surface area contributed by atoms with E-state index >= 15 is 0 Å². The molecule has 0 saturated carbocycles. The van der Waals surface area contributed by atoms with E-state index in [-0.39, 0.29) is 0 Å². The Morgan fingerprint density at radius 1 is 1.26 bits per heavy atom. The zero-order chi connectivity index (χ0) is 13.4. The second-order valence-corrected chi connectivity index (χ2v) is 5.10. The van der Waals surface area contributed by atoms with Crippen molar-refractivity contribution in [1.29, 1.82) is 0 Å². The van der Waals surface area contributed by atoms with Gasteiger partial charge in [-0.1, -0.05) is 13.8 Å². The second-order valence-electron chi connectivity index (χ2n) is 5.10. The molecule has 0 unspecified atom stereocenters. The molecule has 4 nitrogen and oxygen atoms in total. The van der Waals surface area contributed by atoms with E-state index in [0.717, 1.165) is 35.6 Å². The minimum absolute atomic E-state index is 0.292. The molecule has 19 heavy (non-hydrogen) atoms. The summed E-state index contributed by atoms with van der Waals surface area (Å²) < 4.78 is 5.53. The van der Waals surface area contributed by atoms with Gasteiger partial charge in [-0.25, -0.2) is 9.97 Å². The van der Waals surface area contributed by atoms with Crippen LogP contribution in [0, 0.1) is 0 Å².